The van der Waals surface area contributed by atoms with Gasteiger partial charge in [-0.15, -0.1) is 0 Å². The predicted octanol–water partition coefficient (Wildman–Crippen LogP) is 5.28. The Balaban J connectivity index is 0.00000176. The van der Waals surface area contributed by atoms with Crippen LogP contribution in [0.15, 0.2) is 48.7 Å². The Kier molecular flexibility index (Phi) is 7.68. The summed E-state index contributed by atoms with van der Waals surface area (Å²) >= 11 is 0. The van der Waals surface area contributed by atoms with Crippen LogP contribution in [0.2, 0.25) is 0 Å². The van der Waals surface area contributed by atoms with E-state index in [9.17, 15) is 28.0 Å². The van der Waals surface area contributed by atoms with Crippen LogP contribution in [0.4, 0.5) is 24.5 Å². The molecule has 36 heavy (non-hydrogen) atoms. The molecule has 0 fully saturated rings. The first kappa shape index (κ1) is 26.3. The number of amides is 2. The molecule has 188 valence electrons. The normalized spacial score (nSPS) is 14.8. The van der Waals surface area contributed by atoms with E-state index in [-0.39, 0.29) is 35.1 Å². The number of anilines is 2. The molecule has 1 aliphatic rings. The molecule has 1 N–H and O–H groups in total. The molecule has 3 aromatic rings. The van der Waals surface area contributed by atoms with Crippen molar-refractivity contribution in [1.82, 2.24) is 9.78 Å². The summed E-state index contributed by atoms with van der Waals surface area (Å²) in [5.41, 5.74) is 0.00855. The Hall–Kier alpha value is -4.33. The lowest BCUT2D eigenvalue weighted by molar-refractivity contribution is -0.137. The first-order valence-corrected chi connectivity index (χ1v) is 11.1. The van der Waals surface area contributed by atoms with Crippen molar-refractivity contribution in [3.8, 4) is 11.8 Å². The van der Waals surface area contributed by atoms with Gasteiger partial charge in [0.05, 0.1) is 36.0 Å². The SMILES string of the molecule is CC.COc1ccc(NC(=O)c2cnn3c2C(=O)N(c2ccc(C(F)(F)F)cc2)CC3C)cc1C#N. The van der Waals surface area contributed by atoms with E-state index in [0.29, 0.717) is 11.4 Å². The fraction of sp³-hybridized carbons (Fsp3) is 0.280. The van der Waals surface area contributed by atoms with E-state index in [1.807, 2.05) is 19.9 Å². The molecule has 2 aromatic carbocycles. The molecule has 0 bridgehead atoms. The lowest BCUT2D eigenvalue weighted by Gasteiger charge is -2.32. The van der Waals surface area contributed by atoms with Gasteiger partial charge in [0.2, 0.25) is 0 Å². The van der Waals surface area contributed by atoms with Crippen LogP contribution < -0.4 is 15.0 Å². The van der Waals surface area contributed by atoms with Crippen LogP contribution in [0.3, 0.4) is 0 Å². The van der Waals surface area contributed by atoms with Gasteiger partial charge in [0.15, 0.2) is 0 Å². The number of alkyl halides is 3. The number of nitrogens with one attached hydrogen (secondary N) is 1. The molecule has 0 saturated heterocycles. The van der Waals surface area contributed by atoms with E-state index in [0.717, 1.165) is 12.1 Å². The zero-order chi connectivity index (χ0) is 26.6. The number of nitrogens with zero attached hydrogens (tertiary/aromatic N) is 4. The van der Waals surface area contributed by atoms with Gasteiger partial charge in [-0.2, -0.15) is 23.5 Å². The highest BCUT2D eigenvalue weighted by molar-refractivity contribution is 6.15. The number of nitriles is 1. The number of aromatic nitrogens is 2. The summed E-state index contributed by atoms with van der Waals surface area (Å²) in [5.74, 6) is -0.835. The summed E-state index contributed by atoms with van der Waals surface area (Å²) in [6.07, 6.45) is -3.22. The maximum absolute atomic E-state index is 13.3. The van der Waals surface area contributed by atoms with Crippen LogP contribution in [0.1, 0.15) is 58.8 Å². The van der Waals surface area contributed by atoms with Crippen LogP contribution in [0, 0.1) is 11.3 Å². The number of hydrogen-bond donors (Lipinski definition) is 1. The number of benzene rings is 2. The molecule has 0 aliphatic carbocycles. The zero-order valence-corrected chi connectivity index (χ0v) is 20.1. The number of methoxy groups -OCH3 is 1. The second kappa shape index (κ2) is 10.5. The number of halogens is 3. The summed E-state index contributed by atoms with van der Waals surface area (Å²) in [6.45, 7) is 5.95. The zero-order valence-electron chi connectivity index (χ0n) is 20.1. The quantitative estimate of drug-likeness (QED) is 0.526. The highest BCUT2D eigenvalue weighted by Crippen LogP contribution is 2.33. The molecule has 11 heteroatoms. The van der Waals surface area contributed by atoms with Crippen molar-refractivity contribution in [3.05, 3.63) is 71.0 Å². The van der Waals surface area contributed by atoms with Crippen molar-refractivity contribution in [1.29, 1.82) is 5.26 Å². The molecule has 2 amide bonds. The maximum atomic E-state index is 13.3. The molecule has 0 radical (unpaired) electrons. The number of carbonyl (C=O) groups is 2. The first-order chi connectivity index (χ1) is 17.1. The number of rotatable bonds is 4. The van der Waals surface area contributed by atoms with E-state index in [1.165, 1.54) is 47.2 Å². The van der Waals surface area contributed by atoms with Crippen LogP contribution in [0.25, 0.3) is 0 Å². The highest BCUT2D eigenvalue weighted by Gasteiger charge is 2.36. The van der Waals surface area contributed by atoms with Crippen molar-refractivity contribution in [2.45, 2.75) is 33.0 Å². The average Bonchev–Trinajstić information content (AvgIpc) is 3.33. The van der Waals surface area contributed by atoms with Gasteiger partial charge in [-0.05, 0) is 49.4 Å². The van der Waals surface area contributed by atoms with Gasteiger partial charge in [-0.3, -0.25) is 14.3 Å². The van der Waals surface area contributed by atoms with E-state index >= 15 is 0 Å². The van der Waals surface area contributed by atoms with Gasteiger partial charge in [0, 0.05) is 17.9 Å². The standard InChI is InChI=1S/C23H18F3N5O3.C2H6/c1-13-12-30(17-6-3-15(4-7-17)23(24,25)26)22(33)20-18(11-28-31(13)20)21(32)29-16-5-8-19(34-2)14(9-16)10-27;1-2/h3-9,11,13H,12H2,1-2H3,(H,29,32);1-2H3. The van der Waals surface area contributed by atoms with Crippen LogP contribution in [-0.2, 0) is 6.18 Å². The summed E-state index contributed by atoms with van der Waals surface area (Å²) in [4.78, 5) is 27.6. The summed E-state index contributed by atoms with van der Waals surface area (Å²) < 4.78 is 45.2. The molecule has 1 unspecified atom stereocenters. The third kappa shape index (κ3) is 5.02. The molecule has 8 nitrogen and oxygen atoms in total. The van der Waals surface area contributed by atoms with Crippen molar-refractivity contribution < 1.29 is 27.5 Å². The second-order valence-electron chi connectivity index (χ2n) is 7.64. The minimum atomic E-state index is -4.49. The van der Waals surface area contributed by atoms with Gasteiger partial charge >= 0.3 is 6.18 Å². The van der Waals surface area contributed by atoms with Crippen LogP contribution >= 0.6 is 0 Å². The van der Waals surface area contributed by atoms with Gasteiger partial charge < -0.3 is 15.0 Å². The highest BCUT2D eigenvalue weighted by atomic mass is 19.4. The van der Waals surface area contributed by atoms with E-state index in [2.05, 4.69) is 10.4 Å². The molecule has 1 aromatic heterocycles. The fourth-order valence-electron chi connectivity index (χ4n) is 3.75. The van der Waals surface area contributed by atoms with E-state index < -0.39 is 23.6 Å². The first-order valence-electron chi connectivity index (χ1n) is 11.1. The Labute approximate surface area is 205 Å². The third-order valence-electron chi connectivity index (χ3n) is 5.44. The average molecular weight is 499 g/mol. The van der Waals surface area contributed by atoms with Crippen LogP contribution in [-0.4, -0.2) is 35.2 Å². The molecule has 2 heterocycles. The molecule has 1 aliphatic heterocycles. The Morgan fingerprint density at radius 2 is 1.86 bits per heavy atom. The van der Waals surface area contributed by atoms with Crippen molar-refractivity contribution in [3.63, 3.8) is 0 Å². The Morgan fingerprint density at radius 1 is 1.19 bits per heavy atom. The lowest BCUT2D eigenvalue weighted by Crippen LogP contribution is -2.43. The summed E-state index contributed by atoms with van der Waals surface area (Å²) in [6, 6.07) is 10.4. The molecule has 4 rings (SSSR count). The molecule has 0 saturated carbocycles. The van der Waals surface area contributed by atoms with Crippen molar-refractivity contribution in [2.24, 2.45) is 0 Å². The van der Waals surface area contributed by atoms with E-state index in [1.54, 1.807) is 13.0 Å². The topological polar surface area (TPSA) is 100 Å². The smallest absolute Gasteiger partial charge is 0.416 e. The van der Waals surface area contributed by atoms with Crippen LogP contribution in [0.5, 0.6) is 5.75 Å². The lowest BCUT2D eigenvalue weighted by atomic mass is 10.1. The van der Waals surface area contributed by atoms with Gasteiger partial charge in [-0.25, -0.2) is 0 Å². The minimum absolute atomic E-state index is 0.00258. The second-order valence-corrected chi connectivity index (χ2v) is 7.64. The van der Waals surface area contributed by atoms with E-state index in [4.69, 9.17) is 4.74 Å². The number of carbonyl (C=O) groups excluding carboxylic acids is 2. The molecular weight excluding hydrogens is 475 g/mol. The Morgan fingerprint density at radius 3 is 2.44 bits per heavy atom. The minimum Gasteiger partial charge on any atom is -0.495 e. The maximum Gasteiger partial charge on any atom is 0.416 e. The summed E-state index contributed by atoms with van der Waals surface area (Å²) in [7, 11) is 1.42. The number of ether oxygens (including phenoxy) is 1. The van der Waals surface area contributed by atoms with Gasteiger partial charge in [-0.1, -0.05) is 13.8 Å². The number of fused-ring (bicyclic) bond motifs is 1. The fourth-order valence-corrected chi connectivity index (χ4v) is 3.75. The predicted molar refractivity (Wildman–Crippen MR) is 127 cm³/mol. The largest absolute Gasteiger partial charge is 0.495 e. The number of hydrogen-bond acceptors (Lipinski definition) is 5. The van der Waals surface area contributed by atoms with Crippen molar-refractivity contribution >= 4 is 23.2 Å². The molecule has 1 atom stereocenters. The van der Waals surface area contributed by atoms with Gasteiger partial charge in [0.1, 0.15) is 17.5 Å². The Bertz CT molecular complexity index is 1310. The third-order valence-corrected chi connectivity index (χ3v) is 5.44. The molecule has 0 spiro atoms. The summed E-state index contributed by atoms with van der Waals surface area (Å²) in [5, 5.41) is 16.1. The van der Waals surface area contributed by atoms with Gasteiger partial charge in [0.25, 0.3) is 11.8 Å². The molecular formula is C25H24F3N5O3. The van der Waals surface area contributed by atoms with Crippen molar-refractivity contribution in [2.75, 3.05) is 23.9 Å². The monoisotopic (exact) mass is 499 g/mol.